The molecule has 2 aromatic rings. The van der Waals surface area contributed by atoms with Crippen LogP contribution in [0.2, 0.25) is 0 Å². The van der Waals surface area contributed by atoms with Gasteiger partial charge in [-0.3, -0.25) is 0 Å². The van der Waals surface area contributed by atoms with Crippen molar-refractivity contribution in [1.29, 1.82) is 0 Å². The second kappa shape index (κ2) is 11.4. The summed E-state index contributed by atoms with van der Waals surface area (Å²) in [7, 11) is 0. The Bertz CT molecular complexity index is 742. The van der Waals surface area contributed by atoms with E-state index in [1.54, 1.807) is 24.8 Å². The van der Waals surface area contributed by atoms with Crippen molar-refractivity contribution in [3.05, 3.63) is 40.0 Å². The second-order valence-electron chi connectivity index (χ2n) is 6.72. The van der Waals surface area contributed by atoms with E-state index in [0.717, 1.165) is 29.9 Å². The van der Waals surface area contributed by atoms with Gasteiger partial charge in [0.05, 0.1) is 4.90 Å². The molecule has 0 unspecified atom stereocenters. The molecule has 5 heteroatoms. The number of unbranched alkanes of at least 4 members (excludes halogenated alkanes) is 8. The van der Waals surface area contributed by atoms with Gasteiger partial charge in [-0.05, 0) is 31.6 Å². The number of aliphatic hydroxyl groups excluding tert-OH is 1. The minimum Gasteiger partial charge on any atom is -0.419 e. The normalized spacial score (nSPS) is 11.3. The largest absolute Gasteiger partial charge is 0.419 e. The van der Waals surface area contributed by atoms with Crippen LogP contribution in [0.5, 0.6) is 0 Å². The summed E-state index contributed by atoms with van der Waals surface area (Å²) in [5.74, 6) is 0.173. The number of thioether (sulfide) groups is 1. The Morgan fingerprint density at radius 1 is 1.00 bits per heavy atom. The highest BCUT2D eigenvalue weighted by atomic mass is 32.2. The van der Waals surface area contributed by atoms with Gasteiger partial charge in [-0.1, -0.05) is 57.1 Å². The van der Waals surface area contributed by atoms with Crippen LogP contribution < -0.4 is 5.63 Å². The first-order valence-electron chi connectivity index (χ1n) is 9.60. The molecule has 1 N–H and O–H groups in total. The Kier molecular flexibility index (Phi) is 9.19. The summed E-state index contributed by atoms with van der Waals surface area (Å²) in [6.07, 6.45) is 10.7. The van der Waals surface area contributed by atoms with Crippen molar-refractivity contribution in [3.8, 4) is 0 Å². The summed E-state index contributed by atoms with van der Waals surface area (Å²) in [6.45, 7) is 1.93. The number of rotatable bonds is 12. The van der Waals surface area contributed by atoms with Crippen molar-refractivity contribution >= 4 is 22.7 Å². The van der Waals surface area contributed by atoms with Crippen LogP contribution in [0.1, 0.15) is 63.4 Å². The van der Waals surface area contributed by atoms with Crippen molar-refractivity contribution in [2.24, 2.45) is 0 Å². The lowest BCUT2D eigenvalue weighted by molar-refractivity contribution is 0.282. The van der Waals surface area contributed by atoms with Gasteiger partial charge in [0.15, 0.2) is 5.58 Å². The van der Waals surface area contributed by atoms with E-state index in [1.807, 2.05) is 12.1 Å². The maximum atomic E-state index is 13.7. The predicted octanol–water partition coefficient (Wildman–Crippen LogP) is 5.84. The van der Waals surface area contributed by atoms with Crippen LogP contribution in [0.4, 0.5) is 4.39 Å². The van der Waals surface area contributed by atoms with E-state index in [4.69, 9.17) is 9.52 Å². The van der Waals surface area contributed by atoms with Gasteiger partial charge in [0, 0.05) is 17.6 Å². The van der Waals surface area contributed by atoms with Crippen LogP contribution >= 0.6 is 11.8 Å². The molecule has 0 saturated carbocycles. The molecule has 26 heavy (non-hydrogen) atoms. The summed E-state index contributed by atoms with van der Waals surface area (Å²) >= 11 is 1.67. The number of aliphatic hydroxyl groups is 1. The van der Waals surface area contributed by atoms with Gasteiger partial charge in [-0.15, -0.1) is 11.8 Å². The maximum Gasteiger partial charge on any atom is 0.372 e. The molecule has 2 rings (SSSR count). The third kappa shape index (κ3) is 6.13. The standard InChI is InChI=1S/C21H29FO3S/c1-16-17-12-11-13-18(20(17)25-21(24)19(16)22)26-15-10-8-6-4-2-3-5-7-9-14-23/h11-13,23H,2-10,14-15H2,1H3. The van der Waals surface area contributed by atoms with Gasteiger partial charge < -0.3 is 9.52 Å². The summed E-state index contributed by atoms with van der Waals surface area (Å²) < 4.78 is 18.9. The van der Waals surface area contributed by atoms with E-state index in [9.17, 15) is 9.18 Å². The van der Waals surface area contributed by atoms with Gasteiger partial charge in [-0.25, -0.2) is 4.79 Å². The monoisotopic (exact) mass is 380 g/mol. The zero-order valence-electron chi connectivity index (χ0n) is 15.6. The molecule has 0 aliphatic rings. The molecular weight excluding hydrogens is 351 g/mol. The molecule has 0 atom stereocenters. The Morgan fingerprint density at radius 2 is 1.62 bits per heavy atom. The van der Waals surface area contributed by atoms with Crippen LogP contribution in [-0.4, -0.2) is 17.5 Å². The Balaban J connectivity index is 1.71. The highest BCUT2D eigenvalue weighted by Crippen LogP contribution is 2.30. The fraction of sp³-hybridized carbons (Fsp3) is 0.571. The number of hydrogen-bond acceptors (Lipinski definition) is 4. The van der Waals surface area contributed by atoms with Crippen LogP contribution in [0.15, 0.2) is 32.3 Å². The predicted molar refractivity (Wildman–Crippen MR) is 107 cm³/mol. The molecule has 0 spiro atoms. The third-order valence-electron chi connectivity index (χ3n) is 4.65. The average molecular weight is 381 g/mol. The quantitative estimate of drug-likeness (QED) is 0.286. The number of benzene rings is 1. The molecule has 0 fully saturated rings. The van der Waals surface area contributed by atoms with Crippen LogP contribution in [0, 0.1) is 12.7 Å². The lowest BCUT2D eigenvalue weighted by atomic mass is 10.1. The SMILES string of the molecule is Cc1c(F)c(=O)oc2c(SCCCCCCCCCCCO)cccc12. The van der Waals surface area contributed by atoms with Gasteiger partial charge in [-0.2, -0.15) is 4.39 Å². The van der Waals surface area contributed by atoms with Crippen molar-refractivity contribution in [2.75, 3.05) is 12.4 Å². The van der Waals surface area contributed by atoms with Gasteiger partial charge in [0.1, 0.15) is 0 Å². The first-order chi connectivity index (χ1) is 12.6. The second-order valence-corrected chi connectivity index (χ2v) is 7.85. The molecule has 3 nitrogen and oxygen atoms in total. The van der Waals surface area contributed by atoms with E-state index >= 15 is 0 Å². The minimum atomic E-state index is -0.887. The molecule has 1 aromatic carbocycles. The topological polar surface area (TPSA) is 50.4 Å². The summed E-state index contributed by atoms with van der Waals surface area (Å²) in [4.78, 5) is 12.5. The minimum absolute atomic E-state index is 0.312. The van der Waals surface area contributed by atoms with Crippen LogP contribution in [0.3, 0.4) is 0 Å². The van der Waals surface area contributed by atoms with E-state index < -0.39 is 11.4 Å². The number of hydrogen-bond donors (Lipinski definition) is 1. The maximum absolute atomic E-state index is 13.7. The lowest BCUT2D eigenvalue weighted by Gasteiger charge is -2.07. The van der Waals surface area contributed by atoms with Crippen LogP contribution in [0.25, 0.3) is 11.0 Å². The first-order valence-corrected chi connectivity index (χ1v) is 10.6. The van der Waals surface area contributed by atoms with Crippen molar-refractivity contribution < 1.29 is 13.9 Å². The van der Waals surface area contributed by atoms with Crippen LogP contribution in [-0.2, 0) is 0 Å². The van der Waals surface area contributed by atoms with Gasteiger partial charge in [0.25, 0.3) is 0 Å². The molecule has 0 amide bonds. The molecule has 0 aliphatic heterocycles. The average Bonchev–Trinajstić information content (AvgIpc) is 2.64. The van der Waals surface area contributed by atoms with E-state index in [2.05, 4.69) is 0 Å². The summed E-state index contributed by atoms with van der Waals surface area (Å²) in [6, 6.07) is 5.61. The number of para-hydroxylation sites is 1. The number of fused-ring (bicyclic) bond motifs is 1. The van der Waals surface area contributed by atoms with Gasteiger partial charge >= 0.3 is 5.63 Å². The van der Waals surface area contributed by atoms with Gasteiger partial charge in [0.2, 0.25) is 5.82 Å². The fourth-order valence-corrected chi connectivity index (χ4v) is 4.10. The number of halogens is 1. The molecule has 1 aromatic heterocycles. The lowest BCUT2D eigenvalue weighted by Crippen LogP contribution is -2.07. The Morgan fingerprint density at radius 3 is 2.27 bits per heavy atom. The zero-order chi connectivity index (χ0) is 18.8. The summed E-state index contributed by atoms with van der Waals surface area (Å²) in [5, 5.41) is 9.40. The Hall–Kier alpha value is -1.33. The van der Waals surface area contributed by atoms with E-state index in [-0.39, 0.29) is 0 Å². The van der Waals surface area contributed by atoms with Crippen molar-refractivity contribution in [3.63, 3.8) is 0 Å². The highest BCUT2D eigenvalue weighted by molar-refractivity contribution is 7.99. The molecule has 0 radical (unpaired) electrons. The smallest absolute Gasteiger partial charge is 0.372 e. The third-order valence-corrected chi connectivity index (χ3v) is 5.77. The highest BCUT2D eigenvalue weighted by Gasteiger charge is 2.13. The van der Waals surface area contributed by atoms with E-state index in [1.165, 1.54) is 38.5 Å². The van der Waals surface area contributed by atoms with Crippen molar-refractivity contribution in [2.45, 2.75) is 69.6 Å². The molecule has 144 valence electrons. The summed E-state index contributed by atoms with van der Waals surface area (Å²) in [5.41, 5.74) is -0.0241. The molecule has 0 aliphatic carbocycles. The molecule has 0 bridgehead atoms. The first kappa shape index (κ1) is 21.0. The number of aryl methyl sites for hydroxylation is 1. The Labute approximate surface area is 159 Å². The van der Waals surface area contributed by atoms with Crippen molar-refractivity contribution in [1.82, 2.24) is 0 Å². The molecule has 1 heterocycles. The molecular formula is C21H29FO3S. The van der Waals surface area contributed by atoms with E-state index in [0.29, 0.717) is 23.1 Å². The molecule has 0 saturated heterocycles. The zero-order valence-corrected chi connectivity index (χ0v) is 16.4. The fourth-order valence-electron chi connectivity index (χ4n) is 3.07.